The molecule has 0 heterocycles. The number of carbonyl (C=O) groups excluding carboxylic acids is 1. The normalized spacial score (nSPS) is 11.1. The van der Waals surface area contributed by atoms with Crippen LogP contribution in [0.15, 0.2) is 53.4 Å². The van der Waals surface area contributed by atoms with Gasteiger partial charge in [0.1, 0.15) is 0 Å². The van der Waals surface area contributed by atoms with Crippen molar-refractivity contribution in [3.63, 3.8) is 0 Å². The Kier molecular flexibility index (Phi) is 6.28. The zero-order valence-corrected chi connectivity index (χ0v) is 15.2. The first-order valence-corrected chi connectivity index (χ1v) is 10.2. The number of rotatable bonds is 7. The second-order valence-corrected chi connectivity index (χ2v) is 8.21. The number of sulfonamides is 1. The number of anilines is 1. The number of hydrogen-bond donors (Lipinski definition) is 2. The van der Waals surface area contributed by atoms with Crippen LogP contribution in [0.4, 0.5) is 5.69 Å². The monoisotopic (exact) mass is 364 g/mol. The second-order valence-electron chi connectivity index (χ2n) is 5.41. The Morgan fingerprint density at radius 3 is 2.42 bits per heavy atom. The van der Waals surface area contributed by atoms with Crippen LogP contribution in [-0.2, 0) is 21.4 Å². The number of aryl methyl sites for hydroxylation is 1. The van der Waals surface area contributed by atoms with Crippen LogP contribution in [0.25, 0.3) is 0 Å². The van der Waals surface area contributed by atoms with Crippen LogP contribution < -0.4 is 10.0 Å². The van der Waals surface area contributed by atoms with E-state index in [1.807, 2.05) is 31.2 Å². The van der Waals surface area contributed by atoms with Gasteiger partial charge in [0, 0.05) is 11.4 Å². The summed E-state index contributed by atoms with van der Waals surface area (Å²) < 4.78 is 25.2. The molecule has 2 N–H and O–H groups in total. The van der Waals surface area contributed by atoms with Gasteiger partial charge in [0.2, 0.25) is 15.9 Å². The number of hydrogen-bond acceptors (Lipinski definition) is 4. The third kappa shape index (κ3) is 6.25. The molecule has 2 rings (SSSR count). The van der Waals surface area contributed by atoms with Crippen LogP contribution >= 0.6 is 11.8 Å². The topological polar surface area (TPSA) is 75.3 Å². The molecule has 7 heteroatoms. The molecule has 0 aliphatic carbocycles. The lowest BCUT2D eigenvalue weighted by Gasteiger charge is -2.11. The highest BCUT2D eigenvalue weighted by atomic mass is 32.2. The summed E-state index contributed by atoms with van der Waals surface area (Å²) in [6.07, 6.45) is 1.10. The van der Waals surface area contributed by atoms with E-state index in [1.54, 1.807) is 24.3 Å². The SMILES string of the molecule is Cc1ccc(SCC(=O)NCc2ccccc2NS(C)(=O)=O)cc1. The Labute approximate surface area is 146 Å². The van der Waals surface area contributed by atoms with Crippen LogP contribution in [0.3, 0.4) is 0 Å². The van der Waals surface area contributed by atoms with Crippen LogP contribution in [-0.4, -0.2) is 26.3 Å². The van der Waals surface area contributed by atoms with Crippen LogP contribution in [0.2, 0.25) is 0 Å². The van der Waals surface area contributed by atoms with Crippen molar-refractivity contribution in [2.24, 2.45) is 0 Å². The van der Waals surface area contributed by atoms with Gasteiger partial charge in [0.25, 0.3) is 0 Å². The average molecular weight is 364 g/mol. The van der Waals surface area contributed by atoms with Crippen LogP contribution in [0.1, 0.15) is 11.1 Å². The highest BCUT2D eigenvalue weighted by Crippen LogP contribution is 2.19. The minimum Gasteiger partial charge on any atom is -0.351 e. The predicted octanol–water partition coefficient (Wildman–Crippen LogP) is 2.78. The van der Waals surface area contributed by atoms with E-state index in [-0.39, 0.29) is 12.5 Å². The third-order valence-corrected chi connectivity index (χ3v) is 4.78. The van der Waals surface area contributed by atoms with E-state index in [9.17, 15) is 13.2 Å². The standard InChI is InChI=1S/C17H20N2O3S2/c1-13-7-9-15(10-8-13)23-12-17(20)18-11-14-5-3-4-6-16(14)19-24(2,21)22/h3-10,19H,11-12H2,1-2H3,(H,18,20). The van der Waals surface area contributed by atoms with E-state index in [4.69, 9.17) is 0 Å². The van der Waals surface area contributed by atoms with E-state index in [1.165, 1.54) is 17.3 Å². The van der Waals surface area contributed by atoms with E-state index in [0.29, 0.717) is 11.4 Å². The summed E-state index contributed by atoms with van der Waals surface area (Å²) >= 11 is 1.46. The molecule has 5 nitrogen and oxygen atoms in total. The minimum absolute atomic E-state index is 0.102. The molecule has 0 spiro atoms. The fourth-order valence-corrected chi connectivity index (χ4v) is 3.33. The van der Waals surface area contributed by atoms with Gasteiger partial charge in [-0.05, 0) is 30.7 Å². The van der Waals surface area contributed by atoms with Crippen LogP contribution in [0.5, 0.6) is 0 Å². The summed E-state index contributed by atoms with van der Waals surface area (Å²) in [5.74, 6) is 0.208. The second kappa shape index (κ2) is 8.21. The average Bonchev–Trinajstić information content (AvgIpc) is 2.52. The maximum atomic E-state index is 12.0. The molecule has 0 fully saturated rings. The summed E-state index contributed by atoms with van der Waals surface area (Å²) in [4.78, 5) is 13.0. The fourth-order valence-electron chi connectivity index (χ4n) is 2.00. The molecule has 0 bridgehead atoms. The first-order chi connectivity index (χ1) is 11.3. The summed E-state index contributed by atoms with van der Waals surface area (Å²) in [5.41, 5.74) is 2.38. The van der Waals surface area contributed by atoms with Gasteiger partial charge in [0.15, 0.2) is 0 Å². The molecule has 24 heavy (non-hydrogen) atoms. The number of carbonyl (C=O) groups is 1. The van der Waals surface area contributed by atoms with Crippen molar-refractivity contribution in [2.75, 3.05) is 16.7 Å². The van der Waals surface area contributed by atoms with Crippen molar-refractivity contribution in [2.45, 2.75) is 18.4 Å². The number of thioether (sulfide) groups is 1. The van der Waals surface area contributed by atoms with Gasteiger partial charge >= 0.3 is 0 Å². The van der Waals surface area contributed by atoms with Crippen molar-refractivity contribution >= 4 is 33.4 Å². The summed E-state index contributed by atoms with van der Waals surface area (Å²) in [6.45, 7) is 2.29. The first-order valence-electron chi connectivity index (χ1n) is 7.35. The van der Waals surface area contributed by atoms with Crippen LogP contribution in [0, 0.1) is 6.92 Å². The molecule has 0 saturated carbocycles. The quantitative estimate of drug-likeness (QED) is 0.741. The lowest BCUT2D eigenvalue weighted by atomic mass is 10.2. The maximum Gasteiger partial charge on any atom is 0.230 e. The largest absolute Gasteiger partial charge is 0.351 e. The Bertz CT molecular complexity index is 803. The number of nitrogens with one attached hydrogen (secondary N) is 2. The van der Waals surface area contributed by atoms with Crippen molar-refractivity contribution in [3.8, 4) is 0 Å². The van der Waals surface area contributed by atoms with Gasteiger partial charge < -0.3 is 5.32 Å². The van der Waals surface area contributed by atoms with E-state index >= 15 is 0 Å². The summed E-state index contributed by atoms with van der Waals surface area (Å²) in [5, 5.41) is 2.81. The highest BCUT2D eigenvalue weighted by molar-refractivity contribution is 8.00. The molecule has 2 aromatic rings. The first kappa shape index (κ1) is 18.4. The van der Waals surface area contributed by atoms with Crippen molar-refractivity contribution in [1.82, 2.24) is 5.32 Å². The molecule has 0 aliphatic heterocycles. The minimum atomic E-state index is -3.35. The molecule has 128 valence electrons. The summed E-state index contributed by atoms with van der Waals surface area (Å²) in [6, 6.07) is 15.0. The smallest absolute Gasteiger partial charge is 0.230 e. The Morgan fingerprint density at radius 1 is 1.08 bits per heavy atom. The van der Waals surface area contributed by atoms with Crippen molar-refractivity contribution in [3.05, 3.63) is 59.7 Å². The van der Waals surface area contributed by atoms with E-state index in [2.05, 4.69) is 10.0 Å². The molecule has 0 aromatic heterocycles. The van der Waals surface area contributed by atoms with Gasteiger partial charge in [-0.1, -0.05) is 35.9 Å². The molecule has 1 amide bonds. The number of para-hydroxylation sites is 1. The van der Waals surface area contributed by atoms with E-state index < -0.39 is 10.0 Å². The fraction of sp³-hybridized carbons (Fsp3) is 0.235. The Hall–Kier alpha value is -1.99. The molecule has 0 radical (unpaired) electrons. The Morgan fingerprint density at radius 2 is 1.75 bits per heavy atom. The lowest BCUT2D eigenvalue weighted by Crippen LogP contribution is -2.25. The Balaban J connectivity index is 1.89. The molecule has 0 saturated heterocycles. The molecular formula is C17H20N2O3S2. The van der Waals surface area contributed by atoms with E-state index in [0.717, 1.165) is 16.7 Å². The predicted molar refractivity (Wildman–Crippen MR) is 98.7 cm³/mol. The van der Waals surface area contributed by atoms with Crippen molar-refractivity contribution < 1.29 is 13.2 Å². The molecule has 0 unspecified atom stereocenters. The molecule has 0 atom stereocenters. The molecular weight excluding hydrogens is 344 g/mol. The zero-order valence-electron chi connectivity index (χ0n) is 13.6. The highest BCUT2D eigenvalue weighted by Gasteiger charge is 2.08. The van der Waals surface area contributed by atoms with Gasteiger partial charge in [-0.15, -0.1) is 11.8 Å². The number of benzene rings is 2. The maximum absolute atomic E-state index is 12.0. The summed E-state index contributed by atoms with van der Waals surface area (Å²) in [7, 11) is -3.35. The third-order valence-electron chi connectivity index (χ3n) is 3.18. The van der Waals surface area contributed by atoms with Crippen molar-refractivity contribution in [1.29, 1.82) is 0 Å². The molecule has 2 aromatic carbocycles. The molecule has 0 aliphatic rings. The van der Waals surface area contributed by atoms with Gasteiger partial charge in [-0.25, -0.2) is 8.42 Å². The zero-order chi connectivity index (χ0) is 17.6. The lowest BCUT2D eigenvalue weighted by molar-refractivity contribution is -0.118. The van der Waals surface area contributed by atoms with Gasteiger partial charge in [-0.3, -0.25) is 9.52 Å². The number of amides is 1. The van der Waals surface area contributed by atoms with Gasteiger partial charge in [-0.2, -0.15) is 0 Å². The van der Waals surface area contributed by atoms with Gasteiger partial charge in [0.05, 0.1) is 17.7 Å².